The summed E-state index contributed by atoms with van der Waals surface area (Å²) in [5, 5.41) is 0. The lowest BCUT2D eigenvalue weighted by Crippen LogP contribution is -2.39. The number of anilines is 1. The molecule has 9 heteroatoms. The van der Waals surface area contributed by atoms with Crippen LogP contribution in [0.25, 0.3) is 16.8 Å². The molecule has 0 N–H and O–H groups in total. The van der Waals surface area contributed by atoms with Crippen LogP contribution in [0.5, 0.6) is 5.75 Å². The number of carbonyl (C=O) groups excluding carboxylic acids is 1. The molecular weight excluding hydrogens is 445 g/mol. The normalized spacial score (nSPS) is 13.8. The number of halogens is 1. The minimum absolute atomic E-state index is 0.0650. The van der Waals surface area contributed by atoms with E-state index >= 15 is 0 Å². The van der Waals surface area contributed by atoms with Gasteiger partial charge in [-0.3, -0.25) is 9.69 Å². The van der Waals surface area contributed by atoms with Crippen molar-refractivity contribution >= 4 is 27.1 Å². The van der Waals surface area contributed by atoms with Crippen molar-refractivity contribution < 1.29 is 22.3 Å². The van der Waals surface area contributed by atoms with Crippen LogP contribution in [-0.4, -0.2) is 36.6 Å². The van der Waals surface area contributed by atoms with Crippen molar-refractivity contribution in [2.75, 3.05) is 17.8 Å². The molecule has 1 amide bonds. The molecule has 0 saturated carbocycles. The van der Waals surface area contributed by atoms with Crippen LogP contribution < -0.4 is 9.64 Å². The molecule has 0 aliphatic carbocycles. The number of aryl methyl sites for hydroxylation is 1. The predicted molar refractivity (Wildman–Crippen MR) is 122 cm³/mol. The van der Waals surface area contributed by atoms with E-state index in [1.807, 2.05) is 29.7 Å². The third-order valence-corrected chi connectivity index (χ3v) is 6.85. The van der Waals surface area contributed by atoms with Gasteiger partial charge in [-0.1, -0.05) is 18.2 Å². The summed E-state index contributed by atoms with van der Waals surface area (Å²) in [5.74, 6) is -0.718. The molecule has 1 aliphatic heterocycles. The summed E-state index contributed by atoms with van der Waals surface area (Å²) in [6.45, 7) is 1.82. The van der Waals surface area contributed by atoms with Crippen LogP contribution >= 0.6 is 0 Å². The second kappa shape index (κ2) is 7.70. The van der Waals surface area contributed by atoms with E-state index in [9.17, 15) is 17.6 Å². The summed E-state index contributed by atoms with van der Waals surface area (Å²) in [6, 6.07) is 14.9. The van der Waals surface area contributed by atoms with E-state index in [0.717, 1.165) is 22.5 Å². The maximum atomic E-state index is 14.2. The molecule has 2 aromatic carbocycles. The Balaban J connectivity index is 1.56. The summed E-state index contributed by atoms with van der Waals surface area (Å²) in [6.07, 6.45) is 3.07. The number of para-hydroxylation sites is 1. The Morgan fingerprint density at radius 2 is 1.79 bits per heavy atom. The SMILES string of the molecule is Cc1nc2ccc(-c3ccc(S(C)(=O)=O)cc3)cn2c1CN1C(=O)COc2c(F)cccc21. The zero-order valence-corrected chi connectivity index (χ0v) is 18.8. The average Bonchev–Trinajstić information content (AvgIpc) is 3.09. The van der Waals surface area contributed by atoms with Crippen molar-refractivity contribution in [3.8, 4) is 16.9 Å². The Bertz CT molecular complexity index is 1510. The number of pyridine rings is 1. The van der Waals surface area contributed by atoms with Crippen LogP contribution in [-0.2, 0) is 21.2 Å². The number of ether oxygens (including phenoxy) is 1. The number of fused-ring (bicyclic) bond motifs is 2. The highest BCUT2D eigenvalue weighted by Gasteiger charge is 2.29. The topological polar surface area (TPSA) is 81.0 Å². The number of rotatable bonds is 4. The Hall–Kier alpha value is -3.72. The van der Waals surface area contributed by atoms with Crippen LogP contribution in [0.1, 0.15) is 11.4 Å². The number of hydrogen-bond donors (Lipinski definition) is 0. The Kier molecular flexibility index (Phi) is 4.93. The van der Waals surface area contributed by atoms with Crippen molar-refractivity contribution in [1.82, 2.24) is 9.38 Å². The number of nitrogens with zero attached hydrogens (tertiary/aromatic N) is 3. The number of sulfone groups is 1. The molecule has 0 bridgehead atoms. The summed E-state index contributed by atoms with van der Waals surface area (Å²) in [4.78, 5) is 19.0. The van der Waals surface area contributed by atoms with Crippen molar-refractivity contribution in [3.63, 3.8) is 0 Å². The monoisotopic (exact) mass is 465 g/mol. The number of carbonyl (C=O) groups is 1. The Morgan fingerprint density at radius 1 is 1.06 bits per heavy atom. The highest BCUT2D eigenvalue weighted by molar-refractivity contribution is 7.90. The Labute approximate surface area is 190 Å². The molecule has 33 heavy (non-hydrogen) atoms. The molecule has 0 saturated heterocycles. The van der Waals surface area contributed by atoms with E-state index in [-0.39, 0.29) is 29.7 Å². The van der Waals surface area contributed by atoms with Gasteiger partial charge in [-0.2, -0.15) is 0 Å². The molecule has 0 fully saturated rings. The lowest BCUT2D eigenvalue weighted by atomic mass is 10.1. The molecule has 1 aliphatic rings. The number of imidazole rings is 1. The second-order valence-electron chi connectivity index (χ2n) is 7.94. The van der Waals surface area contributed by atoms with Crippen molar-refractivity contribution in [2.24, 2.45) is 0 Å². The molecule has 3 heterocycles. The number of hydrogen-bond acceptors (Lipinski definition) is 5. The standard InChI is InChI=1S/C24H20FN3O4S/c1-15-21(13-28-20-5-3-4-19(25)24(20)32-14-23(28)29)27-12-17(8-11-22(27)26-15)16-6-9-18(10-7-16)33(2,30)31/h3-12H,13-14H2,1-2H3. The van der Waals surface area contributed by atoms with Gasteiger partial charge in [0, 0.05) is 12.5 Å². The highest BCUT2D eigenvalue weighted by Crippen LogP contribution is 2.35. The fraction of sp³-hybridized carbons (Fsp3) is 0.167. The van der Waals surface area contributed by atoms with Crippen molar-refractivity contribution in [3.05, 3.63) is 78.0 Å². The second-order valence-corrected chi connectivity index (χ2v) is 9.96. The van der Waals surface area contributed by atoms with Gasteiger partial charge in [-0.05, 0) is 54.4 Å². The van der Waals surface area contributed by atoms with Gasteiger partial charge in [-0.15, -0.1) is 0 Å². The first-order valence-electron chi connectivity index (χ1n) is 10.2. The molecule has 0 radical (unpaired) electrons. The van der Waals surface area contributed by atoms with Crippen LogP contribution in [0.3, 0.4) is 0 Å². The molecule has 0 spiro atoms. The Morgan fingerprint density at radius 3 is 2.52 bits per heavy atom. The minimum atomic E-state index is -3.28. The highest BCUT2D eigenvalue weighted by atomic mass is 32.2. The van der Waals surface area contributed by atoms with Crippen molar-refractivity contribution in [1.29, 1.82) is 0 Å². The molecule has 0 atom stereocenters. The molecule has 4 aromatic rings. The zero-order chi connectivity index (χ0) is 23.3. The van der Waals surface area contributed by atoms with Crippen LogP contribution in [0.2, 0.25) is 0 Å². The van der Waals surface area contributed by atoms with Crippen LogP contribution in [0, 0.1) is 12.7 Å². The van der Waals surface area contributed by atoms with Crippen LogP contribution in [0.4, 0.5) is 10.1 Å². The van der Waals surface area contributed by atoms with E-state index in [1.54, 1.807) is 36.4 Å². The van der Waals surface area contributed by atoms with Gasteiger partial charge in [-0.25, -0.2) is 17.8 Å². The first-order valence-corrected chi connectivity index (χ1v) is 12.1. The maximum absolute atomic E-state index is 14.2. The molecule has 7 nitrogen and oxygen atoms in total. The fourth-order valence-corrected chi connectivity index (χ4v) is 4.62. The predicted octanol–water partition coefficient (Wildman–Crippen LogP) is 3.78. The van der Waals surface area contributed by atoms with Gasteiger partial charge in [0.05, 0.1) is 28.5 Å². The van der Waals surface area contributed by atoms with Gasteiger partial charge < -0.3 is 9.14 Å². The quantitative estimate of drug-likeness (QED) is 0.458. The number of aromatic nitrogens is 2. The fourth-order valence-electron chi connectivity index (χ4n) is 3.99. The summed E-state index contributed by atoms with van der Waals surface area (Å²) in [7, 11) is -3.28. The van der Waals surface area contributed by atoms with E-state index in [2.05, 4.69) is 4.98 Å². The molecule has 168 valence electrons. The molecule has 0 unspecified atom stereocenters. The number of benzene rings is 2. The summed E-state index contributed by atoms with van der Waals surface area (Å²) >= 11 is 0. The lowest BCUT2D eigenvalue weighted by molar-refractivity contribution is -0.121. The molecule has 5 rings (SSSR count). The summed E-state index contributed by atoms with van der Waals surface area (Å²) in [5.41, 5.74) is 4.33. The van der Waals surface area contributed by atoms with E-state index in [1.165, 1.54) is 17.2 Å². The summed E-state index contributed by atoms with van der Waals surface area (Å²) < 4.78 is 44.9. The van der Waals surface area contributed by atoms with E-state index in [0.29, 0.717) is 11.3 Å². The number of amides is 1. The van der Waals surface area contributed by atoms with Crippen molar-refractivity contribution in [2.45, 2.75) is 18.4 Å². The van der Waals surface area contributed by atoms with Gasteiger partial charge in [0.25, 0.3) is 5.91 Å². The third-order valence-electron chi connectivity index (χ3n) is 5.72. The average molecular weight is 466 g/mol. The van der Waals surface area contributed by atoms with E-state index < -0.39 is 15.7 Å². The lowest BCUT2D eigenvalue weighted by Gasteiger charge is -2.29. The first-order chi connectivity index (χ1) is 15.7. The largest absolute Gasteiger partial charge is 0.478 e. The third kappa shape index (κ3) is 3.74. The maximum Gasteiger partial charge on any atom is 0.265 e. The van der Waals surface area contributed by atoms with E-state index in [4.69, 9.17) is 4.74 Å². The zero-order valence-electron chi connectivity index (χ0n) is 17.9. The molecular formula is C24H20FN3O4S. The van der Waals surface area contributed by atoms with Gasteiger partial charge >= 0.3 is 0 Å². The molecule has 2 aromatic heterocycles. The van der Waals surface area contributed by atoms with Crippen LogP contribution in [0.15, 0.2) is 65.7 Å². The smallest absolute Gasteiger partial charge is 0.265 e. The van der Waals surface area contributed by atoms with Gasteiger partial charge in [0.2, 0.25) is 0 Å². The first kappa shape index (κ1) is 21.1. The van der Waals surface area contributed by atoms with Gasteiger partial charge in [0.15, 0.2) is 28.0 Å². The minimum Gasteiger partial charge on any atom is -0.478 e. The van der Waals surface area contributed by atoms with Gasteiger partial charge in [0.1, 0.15) is 5.65 Å².